The second kappa shape index (κ2) is 31.2. The molecule has 0 aliphatic heterocycles. The molecule has 19 heteroatoms. The normalized spacial score (nSPS) is 12.9. The van der Waals surface area contributed by atoms with E-state index in [2.05, 4.69) is 27.9 Å². The number of para-hydroxylation sites is 1. The molecule has 0 saturated carbocycles. The number of aromatic nitrogens is 2. The van der Waals surface area contributed by atoms with Crippen molar-refractivity contribution >= 4 is 53.8 Å². The van der Waals surface area contributed by atoms with Gasteiger partial charge in [-0.2, -0.15) is 0 Å². The van der Waals surface area contributed by atoms with Gasteiger partial charge < -0.3 is 29.5 Å². The van der Waals surface area contributed by atoms with Crippen molar-refractivity contribution in [3.63, 3.8) is 0 Å². The number of fused-ring (bicyclic) bond motifs is 1. The van der Waals surface area contributed by atoms with E-state index >= 15 is 0 Å². The maximum Gasteiger partial charge on any atom is 0.472 e. The lowest BCUT2D eigenvalue weighted by Gasteiger charge is -2.24. The second-order valence-electron chi connectivity index (χ2n) is 18.8. The Bertz CT molecular complexity index is 2250. The maximum absolute atomic E-state index is 12.9. The first-order valence-corrected chi connectivity index (χ1v) is 26.5. The van der Waals surface area contributed by atoms with Crippen LogP contribution in [0, 0.1) is 10.1 Å². The zero-order valence-electron chi connectivity index (χ0n) is 41.7. The number of nitrogens with zero attached hydrogens (tertiary/aromatic N) is 4. The SMILES string of the molecule is CCCCCCCCCCCCCCCCC(=O)OC[C@@H](COP(=O)(O)OCC[N+](C)(C)C)OC(=O)CCCCCC(=O)NCc1ccc(-c2ccccc2Nc2ccc([N+](=O)[O-])c3nonc23)cc1. The van der Waals surface area contributed by atoms with E-state index in [1.54, 1.807) is 6.07 Å². The molecule has 0 bridgehead atoms. The van der Waals surface area contributed by atoms with Crippen molar-refractivity contribution in [2.24, 2.45) is 0 Å². The summed E-state index contributed by atoms with van der Waals surface area (Å²) in [4.78, 5) is 59.3. The molecule has 1 unspecified atom stereocenters. The number of benzene rings is 3. The summed E-state index contributed by atoms with van der Waals surface area (Å²) in [6.45, 7) is 2.16. The molecule has 1 amide bonds. The van der Waals surface area contributed by atoms with Gasteiger partial charge in [0.25, 0.3) is 0 Å². The number of nitro groups is 1. The number of phosphoric acid groups is 1. The number of phosphoric ester groups is 1. The number of carbonyl (C=O) groups excluding carboxylic acids is 3. The van der Waals surface area contributed by atoms with Crippen LogP contribution >= 0.6 is 7.82 Å². The van der Waals surface area contributed by atoms with Crippen LogP contribution < -0.4 is 10.6 Å². The Morgan fingerprint density at radius 1 is 0.729 bits per heavy atom. The Morgan fingerprint density at radius 2 is 1.31 bits per heavy atom. The fraction of sp³-hybridized carbons (Fsp3) is 0.588. The zero-order valence-corrected chi connectivity index (χ0v) is 42.6. The highest BCUT2D eigenvalue weighted by molar-refractivity contribution is 7.47. The van der Waals surface area contributed by atoms with Crippen molar-refractivity contribution in [1.82, 2.24) is 15.6 Å². The van der Waals surface area contributed by atoms with E-state index in [1.165, 1.54) is 70.3 Å². The molecule has 70 heavy (non-hydrogen) atoms. The van der Waals surface area contributed by atoms with Crippen LogP contribution in [0.1, 0.15) is 141 Å². The third kappa shape index (κ3) is 22.7. The summed E-state index contributed by atoms with van der Waals surface area (Å²) in [5.41, 5.74) is 3.97. The molecule has 1 heterocycles. The number of unbranched alkanes of at least 4 members (excludes halogenated alkanes) is 15. The number of anilines is 2. The average molecular weight is 996 g/mol. The van der Waals surface area contributed by atoms with E-state index in [1.807, 2.05) is 69.7 Å². The number of non-ortho nitro benzene ring substituents is 1. The van der Waals surface area contributed by atoms with Gasteiger partial charge in [-0.1, -0.05) is 139 Å². The van der Waals surface area contributed by atoms with Gasteiger partial charge in [-0.05, 0) is 52.8 Å². The summed E-state index contributed by atoms with van der Waals surface area (Å²) < 4.78 is 39.1. The molecule has 0 saturated heterocycles. The molecule has 0 spiro atoms. The summed E-state index contributed by atoms with van der Waals surface area (Å²) in [5, 5.41) is 25.2. The smallest absolute Gasteiger partial charge is 0.462 e. The van der Waals surface area contributed by atoms with Crippen molar-refractivity contribution in [3.8, 4) is 11.1 Å². The number of hydrogen-bond donors (Lipinski definition) is 3. The lowest BCUT2D eigenvalue weighted by Crippen LogP contribution is -2.37. The van der Waals surface area contributed by atoms with Gasteiger partial charge in [0.2, 0.25) is 11.4 Å². The van der Waals surface area contributed by atoms with Crippen molar-refractivity contribution in [2.45, 2.75) is 148 Å². The molecule has 18 nitrogen and oxygen atoms in total. The van der Waals surface area contributed by atoms with Crippen LogP contribution in [0.25, 0.3) is 22.2 Å². The number of nitrogens with one attached hydrogen (secondary N) is 2. The van der Waals surface area contributed by atoms with Crippen LogP contribution in [0.15, 0.2) is 65.3 Å². The van der Waals surface area contributed by atoms with E-state index in [9.17, 15) is 34.0 Å². The predicted molar refractivity (Wildman–Crippen MR) is 269 cm³/mol. The van der Waals surface area contributed by atoms with Gasteiger partial charge in [-0.25, -0.2) is 9.19 Å². The molecule has 4 aromatic rings. The van der Waals surface area contributed by atoms with Crippen LogP contribution in [0.3, 0.4) is 0 Å². The molecule has 0 radical (unpaired) electrons. The number of amides is 1. The van der Waals surface area contributed by atoms with Gasteiger partial charge >= 0.3 is 25.4 Å². The van der Waals surface area contributed by atoms with E-state index in [4.69, 9.17) is 23.2 Å². The Kier molecular flexibility index (Phi) is 25.5. The molecule has 4 rings (SSSR count). The van der Waals surface area contributed by atoms with Gasteiger partial charge in [0, 0.05) is 43.1 Å². The largest absolute Gasteiger partial charge is 0.472 e. The Balaban J connectivity index is 1.14. The number of nitro benzene ring substituents is 1. The lowest BCUT2D eigenvalue weighted by molar-refractivity contribution is -0.870. The molecule has 0 aliphatic carbocycles. The number of carbonyl (C=O) groups is 3. The third-order valence-corrected chi connectivity index (χ3v) is 12.7. The number of ether oxygens (including phenoxy) is 2. The number of hydrogen-bond acceptors (Lipinski definition) is 14. The molecule has 386 valence electrons. The highest BCUT2D eigenvalue weighted by Crippen LogP contribution is 2.43. The highest BCUT2D eigenvalue weighted by atomic mass is 31.2. The van der Waals surface area contributed by atoms with Crippen molar-refractivity contribution in [2.75, 3.05) is 52.8 Å². The van der Waals surface area contributed by atoms with Crippen LogP contribution in [0.2, 0.25) is 0 Å². The Labute approximate surface area is 412 Å². The van der Waals surface area contributed by atoms with Gasteiger partial charge in [0.1, 0.15) is 19.8 Å². The summed E-state index contributed by atoms with van der Waals surface area (Å²) in [5.74, 6) is -1.16. The fourth-order valence-corrected chi connectivity index (χ4v) is 8.38. The predicted octanol–water partition coefficient (Wildman–Crippen LogP) is 11.3. The van der Waals surface area contributed by atoms with Crippen molar-refractivity contribution in [1.29, 1.82) is 0 Å². The van der Waals surface area contributed by atoms with Crippen LogP contribution in [0.5, 0.6) is 0 Å². The molecular weight excluding hydrogens is 920 g/mol. The summed E-state index contributed by atoms with van der Waals surface area (Å²) in [6.07, 6.45) is 17.8. The Hall–Kier alpha value is -5.26. The number of quaternary nitrogens is 1. The van der Waals surface area contributed by atoms with Gasteiger partial charge in [0.15, 0.2) is 11.6 Å². The zero-order chi connectivity index (χ0) is 50.6. The minimum absolute atomic E-state index is 0.0287. The van der Waals surface area contributed by atoms with E-state index in [-0.39, 0.29) is 55.1 Å². The molecule has 0 aliphatic rings. The number of rotatable bonds is 37. The molecule has 3 aromatic carbocycles. The van der Waals surface area contributed by atoms with E-state index < -0.39 is 37.4 Å². The quantitative estimate of drug-likeness (QED) is 0.00952. The summed E-state index contributed by atoms with van der Waals surface area (Å²) in [7, 11) is 1.27. The fourth-order valence-electron chi connectivity index (χ4n) is 7.64. The van der Waals surface area contributed by atoms with Crippen LogP contribution in [-0.4, -0.2) is 96.1 Å². The van der Waals surface area contributed by atoms with Gasteiger partial charge in [0.05, 0.1) is 38.4 Å². The monoisotopic (exact) mass is 996 g/mol. The first kappa shape index (κ1) is 57.3. The summed E-state index contributed by atoms with van der Waals surface area (Å²) in [6, 6.07) is 18.2. The van der Waals surface area contributed by atoms with E-state index in [0.29, 0.717) is 48.9 Å². The molecule has 3 N–H and O–H groups in total. The molecule has 0 fully saturated rings. The minimum Gasteiger partial charge on any atom is -0.462 e. The minimum atomic E-state index is -4.47. The number of likely N-dealkylation sites (N-methyl/N-ethyl adjacent to an activating group) is 1. The van der Waals surface area contributed by atoms with Crippen LogP contribution in [-0.2, 0) is 44.0 Å². The summed E-state index contributed by atoms with van der Waals surface area (Å²) >= 11 is 0. The van der Waals surface area contributed by atoms with Crippen molar-refractivity contribution in [3.05, 3.63) is 76.3 Å². The molecule has 2 atom stereocenters. The molecular formula is C51H76N6O12P+. The highest BCUT2D eigenvalue weighted by Gasteiger charge is 2.27. The van der Waals surface area contributed by atoms with E-state index in [0.717, 1.165) is 41.6 Å². The third-order valence-electron chi connectivity index (χ3n) is 11.7. The molecule has 1 aromatic heterocycles. The standard InChI is InChI=1S/C51H75N6O12P/c1-5-6-7-8-9-10-11-12-13-14-15-16-17-20-27-48(59)65-38-42(39-67-70(63,64)66-36-35-57(2,3)4)68-49(60)28-21-18-19-26-47(58)52-37-40-29-31-41(32-30-40)43-24-22-23-25-44(43)53-45-33-34-46(56(61)62)51-50(45)54-69-55-51/h22-25,29-34,42H,5-21,26-28,35-39H2,1-4H3,(H2-,52,53,55,58,63,64)/p+1/t42-/m0/s1. The average Bonchev–Trinajstić information content (AvgIpc) is 3.82. The first-order chi connectivity index (χ1) is 33.6. The number of esters is 2. The topological polar surface area (TPSA) is 232 Å². The van der Waals surface area contributed by atoms with Gasteiger partial charge in [-0.3, -0.25) is 33.5 Å². The van der Waals surface area contributed by atoms with Crippen LogP contribution in [0.4, 0.5) is 17.1 Å². The van der Waals surface area contributed by atoms with Crippen molar-refractivity contribution < 1.29 is 56.4 Å². The Morgan fingerprint density at radius 3 is 1.96 bits per heavy atom. The lowest BCUT2D eigenvalue weighted by atomic mass is 10.0. The van der Waals surface area contributed by atoms with Gasteiger partial charge in [-0.15, -0.1) is 0 Å². The second-order valence-corrected chi connectivity index (χ2v) is 20.3. The first-order valence-electron chi connectivity index (χ1n) is 25.0. The maximum atomic E-state index is 12.9.